The van der Waals surface area contributed by atoms with Crippen LogP contribution < -0.4 is 10.0 Å². The van der Waals surface area contributed by atoms with Crippen molar-refractivity contribution in [3.05, 3.63) is 0 Å². The molecule has 0 aliphatic carbocycles. The van der Waals surface area contributed by atoms with E-state index in [0.717, 1.165) is 32.4 Å². The lowest BCUT2D eigenvalue weighted by Gasteiger charge is -2.18. The Morgan fingerprint density at radius 1 is 1.41 bits per heavy atom. The van der Waals surface area contributed by atoms with Gasteiger partial charge in [-0.15, -0.1) is 0 Å². The van der Waals surface area contributed by atoms with Crippen molar-refractivity contribution in [1.29, 1.82) is 0 Å². The number of ether oxygens (including phenoxy) is 1. The van der Waals surface area contributed by atoms with E-state index >= 15 is 0 Å². The molecule has 1 rings (SSSR count). The predicted octanol–water partition coefficient (Wildman–Crippen LogP) is -0.391. The maximum Gasteiger partial charge on any atom is 0.325 e. The molecule has 2 atom stereocenters. The molecular formula is C10H20N2O4S. The van der Waals surface area contributed by atoms with Crippen LogP contribution in [0.4, 0.5) is 0 Å². The van der Waals surface area contributed by atoms with Crippen molar-refractivity contribution in [2.24, 2.45) is 0 Å². The summed E-state index contributed by atoms with van der Waals surface area (Å²) in [6.07, 6.45) is 2.47. The van der Waals surface area contributed by atoms with Crippen molar-refractivity contribution in [3.63, 3.8) is 0 Å². The molecule has 6 nitrogen and oxygen atoms in total. The van der Waals surface area contributed by atoms with E-state index in [1.54, 1.807) is 0 Å². The zero-order valence-corrected chi connectivity index (χ0v) is 11.0. The first-order valence-electron chi connectivity index (χ1n) is 5.77. The van der Waals surface area contributed by atoms with Gasteiger partial charge in [-0.05, 0) is 39.3 Å². The van der Waals surface area contributed by atoms with Gasteiger partial charge in [0.2, 0.25) is 10.0 Å². The third-order valence-corrected chi connectivity index (χ3v) is 4.69. The van der Waals surface area contributed by atoms with Crippen LogP contribution in [0.15, 0.2) is 0 Å². The summed E-state index contributed by atoms with van der Waals surface area (Å²) >= 11 is 0. The van der Waals surface area contributed by atoms with E-state index in [-0.39, 0.29) is 6.04 Å². The summed E-state index contributed by atoms with van der Waals surface area (Å²) in [5.74, 6) is -0.732. The summed E-state index contributed by atoms with van der Waals surface area (Å²) in [7, 11) is -2.46. The molecule has 0 aromatic carbocycles. The molecule has 1 aliphatic heterocycles. The SMILES string of the molecule is COC(=O)C(C)S(=O)(=O)NC1CCCNCC1. The second kappa shape index (κ2) is 6.32. The maximum absolute atomic E-state index is 11.9. The third-order valence-electron chi connectivity index (χ3n) is 2.91. The standard InChI is InChI=1S/C10H20N2O4S/c1-8(10(13)16-2)17(14,15)12-9-4-3-6-11-7-5-9/h8-9,11-12H,3-7H2,1-2H3. The Bertz CT molecular complexity index is 347. The van der Waals surface area contributed by atoms with Crippen LogP contribution in [0.2, 0.25) is 0 Å². The van der Waals surface area contributed by atoms with E-state index in [9.17, 15) is 13.2 Å². The Balaban J connectivity index is 2.61. The molecule has 1 fully saturated rings. The normalized spacial score (nSPS) is 23.8. The van der Waals surface area contributed by atoms with Gasteiger partial charge in [0.05, 0.1) is 7.11 Å². The molecule has 7 heteroatoms. The van der Waals surface area contributed by atoms with Gasteiger partial charge in [0.15, 0.2) is 5.25 Å². The van der Waals surface area contributed by atoms with E-state index in [4.69, 9.17) is 0 Å². The topological polar surface area (TPSA) is 84.5 Å². The Labute approximate surface area is 102 Å². The van der Waals surface area contributed by atoms with Crippen molar-refractivity contribution >= 4 is 16.0 Å². The van der Waals surface area contributed by atoms with Crippen LogP contribution in [0.1, 0.15) is 26.2 Å². The lowest BCUT2D eigenvalue weighted by molar-refractivity contribution is -0.139. The average molecular weight is 264 g/mol. The Morgan fingerprint density at radius 3 is 2.76 bits per heavy atom. The third kappa shape index (κ3) is 4.25. The van der Waals surface area contributed by atoms with Crippen molar-refractivity contribution in [2.75, 3.05) is 20.2 Å². The monoisotopic (exact) mass is 264 g/mol. The van der Waals surface area contributed by atoms with E-state index in [1.807, 2.05) is 0 Å². The molecule has 17 heavy (non-hydrogen) atoms. The molecule has 0 aromatic heterocycles. The van der Waals surface area contributed by atoms with Gasteiger partial charge in [-0.25, -0.2) is 13.1 Å². The maximum atomic E-state index is 11.9. The first-order valence-corrected chi connectivity index (χ1v) is 7.31. The number of hydrogen-bond acceptors (Lipinski definition) is 5. The minimum atomic E-state index is -3.64. The molecule has 0 amide bonds. The number of rotatable bonds is 4. The fourth-order valence-electron chi connectivity index (χ4n) is 1.76. The Morgan fingerprint density at radius 2 is 2.12 bits per heavy atom. The van der Waals surface area contributed by atoms with Crippen molar-refractivity contribution in [3.8, 4) is 0 Å². The molecule has 0 aromatic rings. The zero-order chi connectivity index (χ0) is 12.9. The summed E-state index contributed by atoms with van der Waals surface area (Å²) in [5, 5.41) is 2.04. The van der Waals surface area contributed by atoms with Crippen LogP contribution in [-0.2, 0) is 19.6 Å². The van der Waals surface area contributed by atoms with Gasteiger partial charge in [-0.3, -0.25) is 4.79 Å². The molecule has 0 saturated carbocycles. The van der Waals surface area contributed by atoms with Crippen molar-refractivity contribution in [1.82, 2.24) is 10.0 Å². The quantitative estimate of drug-likeness (QED) is 0.676. The van der Waals surface area contributed by atoms with Crippen LogP contribution in [0.3, 0.4) is 0 Å². The molecule has 100 valence electrons. The van der Waals surface area contributed by atoms with E-state index in [0.29, 0.717) is 0 Å². The highest BCUT2D eigenvalue weighted by molar-refractivity contribution is 7.90. The first kappa shape index (κ1) is 14.4. The highest BCUT2D eigenvalue weighted by Gasteiger charge is 2.30. The lowest BCUT2D eigenvalue weighted by Crippen LogP contribution is -2.43. The first-order chi connectivity index (χ1) is 7.97. The van der Waals surface area contributed by atoms with E-state index < -0.39 is 21.2 Å². The molecule has 2 unspecified atom stereocenters. The average Bonchev–Trinajstić information content (AvgIpc) is 2.55. The number of sulfonamides is 1. The molecule has 1 saturated heterocycles. The molecule has 1 heterocycles. The second-order valence-corrected chi connectivity index (χ2v) is 6.24. The number of nitrogens with one attached hydrogen (secondary N) is 2. The summed E-state index contributed by atoms with van der Waals surface area (Å²) in [5.41, 5.74) is 0. The zero-order valence-electron chi connectivity index (χ0n) is 10.2. The fourth-order valence-corrected chi connectivity index (χ4v) is 3.02. The number of carbonyl (C=O) groups is 1. The van der Waals surface area contributed by atoms with Gasteiger partial charge >= 0.3 is 5.97 Å². The van der Waals surface area contributed by atoms with Gasteiger partial charge in [0.1, 0.15) is 0 Å². The predicted molar refractivity (Wildman–Crippen MR) is 64.0 cm³/mol. The van der Waals surface area contributed by atoms with E-state index in [1.165, 1.54) is 14.0 Å². The van der Waals surface area contributed by atoms with Gasteiger partial charge in [0, 0.05) is 6.04 Å². The van der Waals surface area contributed by atoms with Crippen molar-refractivity contribution < 1.29 is 17.9 Å². The second-order valence-electron chi connectivity index (χ2n) is 4.21. The number of methoxy groups -OCH3 is 1. The molecule has 2 N–H and O–H groups in total. The highest BCUT2D eigenvalue weighted by Crippen LogP contribution is 2.09. The summed E-state index contributed by atoms with van der Waals surface area (Å²) in [6.45, 7) is 3.04. The highest BCUT2D eigenvalue weighted by atomic mass is 32.2. The summed E-state index contributed by atoms with van der Waals surface area (Å²) < 4.78 is 30.8. The summed E-state index contributed by atoms with van der Waals surface area (Å²) in [4.78, 5) is 11.2. The smallest absolute Gasteiger partial charge is 0.325 e. The Hall–Kier alpha value is -0.660. The minimum Gasteiger partial charge on any atom is -0.468 e. The van der Waals surface area contributed by atoms with Crippen LogP contribution >= 0.6 is 0 Å². The number of esters is 1. The molecule has 0 bridgehead atoms. The van der Waals surface area contributed by atoms with Crippen LogP contribution in [-0.4, -0.2) is 45.9 Å². The van der Waals surface area contributed by atoms with Gasteiger partial charge in [-0.1, -0.05) is 0 Å². The number of hydrogen-bond donors (Lipinski definition) is 2. The molecule has 0 spiro atoms. The minimum absolute atomic E-state index is 0.0953. The van der Waals surface area contributed by atoms with Gasteiger partial charge in [0.25, 0.3) is 0 Å². The van der Waals surface area contributed by atoms with E-state index in [2.05, 4.69) is 14.8 Å². The van der Waals surface area contributed by atoms with Crippen LogP contribution in [0.5, 0.6) is 0 Å². The van der Waals surface area contributed by atoms with Crippen LogP contribution in [0, 0.1) is 0 Å². The largest absolute Gasteiger partial charge is 0.468 e. The van der Waals surface area contributed by atoms with Crippen LogP contribution in [0.25, 0.3) is 0 Å². The van der Waals surface area contributed by atoms with Gasteiger partial charge in [-0.2, -0.15) is 0 Å². The lowest BCUT2D eigenvalue weighted by atomic mass is 10.1. The summed E-state index contributed by atoms with van der Waals surface area (Å²) in [6, 6.07) is -0.0953. The Kier molecular flexibility index (Phi) is 5.35. The van der Waals surface area contributed by atoms with Crippen molar-refractivity contribution in [2.45, 2.75) is 37.5 Å². The molecule has 1 aliphatic rings. The fraction of sp³-hybridized carbons (Fsp3) is 0.900. The van der Waals surface area contributed by atoms with Gasteiger partial charge < -0.3 is 10.1 Å². The molecule has 0 radical (unpaired) electrons. The molecular weight excluding hydrogens is 244 g/mol. The number of carbonyl (C=O) groups excluding carboxylic acids is 1.